The summed E-state index contributed by atoms with van der Waals surface area (Å²) in [6, 6.07) is 11.4. The van der Waals surface area contributed by atoms with E-state index in [-0.39, 0.29) is 18.2 Å². The third kappa shape index (κ3) is 3.80. The molecule has 0 amide bonds. The number of nitro groups is 1. The SMILES string of the molecule is O=[N+]([O-])c1ccc(-c2nnc(COc3ccc(Br)cc3Br)o2)cc1. The molecule has 0 saturated carbocycles. The van der Waals surface area contributed by atoms with Crippen molar-refractivity contribution in [3.05, 3.63) is 67.4 Å². The number of hydrogen-bond acceptors (Lipinski definition) is 6. The second kappa shape index (κ2) is 7.10. The first-order valence-corrected chi connectivity index (χ1v) is 8.26. The molecule has 1 aromatic heterocycles. The predicted molar refractivity (Wildman–Crippen MR) is 92.6 cm³/mol. The minimum absolute atomic E-state index is 0.00177. The number of nitrogens with zero attached hydrogens (tertiary/aromatic N) is 3. The lowest BCUT2D eigenvalue weighted by atomic mass is 10.2. The molecule has 0 atom stereocenters. The van der Waals surface area contributed by atoms with E-state index < -0.39 is 4.92 Å². The molecule has 122 valence electrons. The van der Waals surface area contributed by atoms with Gasteiger partial charge in [0.25, 0.3) is 11.6 Å². The van der Waals surface area contributed by atoms with Crippen LogP contribution in [0.3, 0.4) is 0 Å². The highest BCUT2D eigenvalue weighted by Gasteiger charge is 2.12. The van der Waals surface area contributed by atoms with Crippen molar-refractivity contribution >= 4 is 37.5 Å². The van der Waals surface area contributed by atoms with Gasteiger partial charge in [0.1, 0.15) is 5.75 Å². The number of hydrogen-bond donors (Lipinski definition) is 0. The molecule has 0 aliphatic carbocycles. The lowest BCUT2D eigenvalue weighted by Gasteiger charge is -2.05. The summed E-state index contributed by atoms with van der Waals surface area (Å²) in [5, 5.41) is 18.5. The lowest BCUT2D eigenvalue weighted by Crippen LogP contribution is -1.96. The zero-order chi connectivity index (χ0) is 17.1. The lowest BCUT2D eigenvalue weighted by molar-refractivity contribution is -0.384. The summed E-state index contributed by atoms with van der Waals surface area (Å²) in [7, 11) is 0. The van der Waals surface area contributed by atoms with Crippen molar-refractivity contribution in [2.24, 2.45) is 0 Å². The summed E-state index contributed by atoms with van der Waals surface area (Å²) in [4.78, 5) is 10.2. The van der Waals surface area contributed by atoms with Gasteiger partial charge in [-0.3, -0.25) is 10.1 Å². The number of ether oxygens (including phenoxy) is 1. The van der Waals surface area contributed by atoms with E-state index in [2.05, 4.69) is 42.1 Å². The summed E-state index contributed by atoms with van der Waals surface area (Å²) >= 11 is 6.77. The quantitative estimate of drug-likeness (QED) is 0.408. The molecular formula is C15H9Br2N3O4. The van der Waals surface area contributed by atoms with Crippen LogP contribution < -0.4 is 4.74 Å². The van der Waals surface area contributed by atoms with Crippen LogP contribution in [-0.2, 0) is 6.61 Å². The first-order valence-electron chi connectivity index (χ1n) is 6.68. The molecule has 0 spiro atoms. The number of rotatable bonds is 5. The highest BCUT2D eigenvalue weighted by Crippen LogP contribution is 2.29. The molecule has 0 N–H and O–H groups in total. The first kappa shape index (κ1) is 16.6. The monoisotopic (exact) mass is 453 g/mol. The standard InChI is InChI=1S/C15H9Br2N3O4/c16-10-3-6-13(12(17)7-10)23-8-14-18-19-15(24-14)9-1-4-11(5-2-9)20(21)22/h1-7H,8H2. The second-order valence-corrected chi connectivity index (χ2v) is 6.44. The van der Waals surface area contributed by atoms with Gasteiger partial charge in [-0.25, -0.2) is 0 Å². The van der Waals surface area contributed by atoms with Crippen molar-refractivity contribution in [2.75, 3.05) is 0 Å². The fraction of sp³-hybridized carbons (Fsp3) is 0.0667. The second-order valence-electron chi connectivity index (χ2n) is 4.67. The molecule has 0 radical (unpaired) electrons. The van der Waals surface area contributed by atoms with Crippen molar-refractivity contribution in [3.63, 3.8) is 0 Å². The van der Waals surface area contributed by atoms with Gasteiger partial charge in [0, 0.05) is 22.2 Å². The summed E-state index contributed by atoms with van der Waals surface area (Å²) < 4.78 is 12.9. The van der Waals surface area contributed by atoms with Crippen LogP contribution in [0.5, 0.6) is 5.75 Å². The van der Waals surface area contributed by atoms with Crippen LogP contribution in [0.4, 0.5) is 5.69 Å². The maximum absolute atomic E-state index is 10.7. The van der Waals surface area contributed by atoms with E-state index in [0.29, 0.717) is 17.2 Å². The van der Waals surface area contributed by atoms with Crippen molar-refractivity contribution < 1.29 is 14.1 Å². The molecule has 0 unspecified atom stereocenters. The van der Waals surface area contributed by atoms with Gasteiger partial charge in [0.05, 0.1) is 9.40 Å². The predicted octanol–water partition coefficient (Wildman–Crippen LogP) is 4.75. The van der Waals surface area contributed by atoms with Crippen LogP contribution in [-0.4, -0.2) is 15.1 Å². The molecule has 3 rings (SSSR count). The van der Waals surface area contributed by atoms with Gasteiger partial charge < -0.3 is 9.15 Å². The minimum Gasteiger partial charge on any atom is -0.483 e. The Morgan fingerprint density at radius 3 is 2.54 bits per heavy atom. The molecule has 0 saturated heterocycles. The van der Waals surface area contributed by atoms with Crippen LogP contribution >= 0.6 is 31.9 Å². The van der Waals surface area contributed by atoms with E-state index in [4.69, 9.17) is 9.15 Å². The Morgan fingerprint density at radius 2 is 1.88 bits per heavy atom. The van der Waals surface area contributed by atoms with Crippen LogP contribution in [0, 0.1) is 10.1 Å². The van der Waals surface area contributed by atoms with E-state index >= 15 is 0 Å². The third-order valence-electron chi connectivity index (χ3n) is 3.04. The largest absolute Gasteiger partial charge is 0.483 e. The van der Waals surface area contributed by atoms with Gasteiger partial charge >= 0.3 is 0 Å². The Hall–Kier alpha value is -2.26. The van der Waals surface area contributed by atoms with Crippen LogP contribution in [0.1, 0.15) is 5.89 Å². The molecule has 1 heterocycles. The smallest absolute Gasteiger partial charge is 0.269 e. The third-order valence-corrected chi connectivity index (χ3v) is 4.15. The Bertz CT molecular complexity index is 881. The van der Waals surface area contributed by atoms with E-state index in [1.165, 1.54) is 12.1 Å². The molecule has 0 bridgehead atoms. The molecule has 9 heteroatoms. The number of non-ortho nitro benzene ring substituents is 1. The number of halogens is 2. The molecule has 0 fully saturated rings. The normalized spacial score (nSPS) is 10.6. The highest BCUT2D eigenvalue weighted by molar-refractivity contribution is 9.11. The maximum Gasteiger partial charge on any atom is 0.269 e. The maximum atomic E-state index is 10.7. The van der Waals surface area contributed by atoms with Gasteiger partial charge in [-0.2, -0.15) is 0 Å². The number of aromatic nitrogens is 2. The molecule has 3 aromatic rings. The Labute approximate surface area is 153 Å². The van der Waals surface area contributed by atoms with Crippen LogP contribution in [0.25, 0.3) is 11.5 Å². The van der Waals surface area contributed by atoms with E-state index in [1.807, 2.05) is 18.2 Å². The van der Waals surface area contributed by atoms with Crippen molar-refractivity contribution in [3.8, 4) is 17.2 Å². The summed E-state index contributed by atoms with van der Waals surface area (Å²) in [5.41, 5.74) is 0.603. The number of benzene rings is 2. The fourth-order valence-electron chi connectivity index (χ4n) is 1.89. The number of nitro benzene ring substituents is 1. The van der Waals surface area contributed by atoms with E-state index in [1.54, 1.807) is 12.1 Å². The molecule has 2 aromatic carbocycles. The summed E-state index contributed by atoms with van der Waals surface area (Å²) in [5.74, 6) is 1.23. The van der Waals surface area contributed by atoms with Crippen molar-refractivity contribution in [1.82, 2.24) is 10.2 Å². The summed E-state index contributed by atoms with van der Waals surface area (Å²) in [6.45, 7) is 0.111. The average Bonchev–Trinajstić information content (AvgIpc) is 3.03. The zero-order valence-corrected chi connectivity index (χ0v) is 15.2. The van der Waals surface area contributed by atoms with Crippen LogP contribution in [0.2, 0.25) is 0 Å². The topological polar surface area (TPSA) is 91.3 Å². The van der Waals surface area contributed by atoms with Gasteiger partial charge in [-0.1, -0.05) is 15.9 Å². The first-order chi connectivity index (χ1) is 11.5. The van der Waals surface area contributed by atoms with Gasteiger partial charge in [-0.05, 0) is 46.3 Å². The zero-order valence-electron chi connectivity index (χ0n) is 12.0. The Morgan fingerprint density at radius 1 is 1.12 bits per heavy atom. The molecule has 24 heavy (non-hydrogen) atoms. The van der Waals surface area contributed by atoms with Gasteiger partial charge in [0.2, 0.25) is 5.89 Å². The molecule has 0 aliphatic rings. The van der Waals surface area contributed by atoms with Gasteiger partial charge in [-0.15, -0.1) is 10.2 Å². The molecular weight excluding hydrogens is 446 g/mol. The Balaban J connectivity index is 1.70. The van der Waals surface area contributed by atoms with Crippen LogP contribution in [0.15, 0.2) is 55.8 Å². The molecule has 0 aliphatic heterocycles. The average molecular weight is 455 g/mol. The fourth-order valence-corrected chi connectivity index (χ4v) is 3.05. The minimum atomic E-state index is -0.465. The summed E-state index contributed by atoms with van der Waals surface area (Å²) in [6.07, 6.45) is 0. The highest BCUT2D eigenvalue weighted by atomic mass is 79.9. The van der Waals surface area contributed by atoms with E-state index in [0.717, 1.165) is 8.95 Å². The van der Waals surface area contributed by atoms with Crippen molar-refractivity contribution in [2.45, 2.75) is 6.61 Å². The van der Waals surface area contributed by atoms with Gasteiger partial charge in [0.15, 0.2) is 6.61 Å². The van der Waals surface area contributed by atoms with Crippen molar-refractivity contribution in [1.29, 1.82) is 0 Å². The van der Waals surface area contributed by atoms with E-state index in [9.17, 15) is 10.1 Å². The molecule has 7 nitrogen and oxygen atoms in total. The Kier molecular flexibility index (Phi) is 4.91.